The Hall–Kier alpha value is -1.39. The SMILES string of the molecule is C=C/C=C\N=C(CSC)c1ccc(CO)cn1. The summed E-state index contributed by atoms with van der Waals surface area (Å²) in [5, 5.41) is 8.95. The van der Waals surface area contributed by atoms with Gasteiger partial charge in [0.25, 0.3) is 0 Å². The lowest BCUT2D eigenvalue weighted by molar-refractivity contribution is 0.281. The number of aromatic nitrogens is 1. The van der Waals surface area contributed by atoms with Crippen LogP contribution >= 0.6 is 11.8 Å². The molecule has 0 amide bonds. The van der Waals surface area contributed by atoms with Crippen LogP contribution in [0.3, 0.4) is 0 Å². The van der Waals surface area contributed by atoms with E-state index in [2.05, 4.69) is 16.6 Å². The number of aliphatic hydroxyl groups is 1. The standard InChI is InChI=1S/C13H16N2OS/c1-3-4-7-14-13(10-17-2)12-6-5-11(9-16)8-15-12/h3-8,16H,1,9-10H2,2H3/b7-4-,14-13?. The van der Waals surface area contributed by atoms with Gasteiger partial charge < -0.3 is 5.11 Å². The summed E-state index contributed by atoms with van der Waals surface area (Å²) in [6.45, 7) is 3.61. The zero-order chi connectivity index (χ0) is 12.5. The first kappa shape index (κ1) is 13.7. The van der Waals surface area contributed by atoms with Crippen molar-refractivity contribution in [3.8, 4) is 0 Å². The number of aliphatic hydroxyl groups excluding tert-OH is 1. The summed E-state index contributed by atoms with van der Waals surface area (Å²) in [6.07, 6.45) is 8.86. The summed E-state index contributed by atoms with van der Waals surface area (Å²) in [6, 6.07) is 3.73. The molecular weight excluding hydrogens is 232 g/mol. The normalized spacial score (nSPS) is 12.0. The van der Waals surface area contributed by atoms with Crippen LogP contribution in [0.2, 0.25) is 0 Å². The molecular formula is C13H16N2OS. The minimum absolute atomic E-state index is 0.0126. The summed E-state index contributed by atoms with van der Waals surface area (Å²) in [4.78, 5) is 8.63. The highest BCUT2D eigenvalue weighted by atomic mass is 32.2. The van der Waals surface area contributed by atoms with Crippen LogP contribution in [-0.2, 0) is 6.61 Å². The quantitative estimate of drug-likeness (QED) is 0.621. The maximum absolute atomic E-state index is 8.95. The van der Waals surface area contributed by atoms with E-state index >= 15 is 0 Å². The van der Waals surface area contributed by atoms with E-state index in [-0.39, 0.29) is 6.61 Å². The fourth-order valence-corrected chi connectivity index (χ4v) is 1.69. The molecule has 0 spiro atoms. The third-order valence-corrected chi connectivity index (χ3v) is 2.60. The molecule has 17 heavy (non-hydrogen) atoms. The largest absolute Gasteiger partial charge is 0.392 e. The molecule has 0 saturated heterocycles. The van der Waals surface area contributed by atoms with E-state index in [0.717, 1.165) is 22.7 Å². The molecule has 0 atom stereocenters. The van der Waals surface area contributed by atoms with E-state index in [4.69, 9.17) is 5.11 Å². The molecule has 90 valence electrons. The lowest BCUT2D eigenvalue weighted by atomic mass is 10.2. The van der Waals surface area contributed by atoms with E-state index in [0.29, 0.717) is 0 Å². The number of nitrogens with zero attached hydrogens (tertiary/aromatic N) is 2. The highest BCUT2D eigenvalue weighted by Gasteiger charge is 2.03. The Bertz CT molecular complexity index is 410. The van der Waals surface area contributed by atoms with Gasteiger partial charge >= 0.3 is 0 Å². The summed E-state index contributed by atoms with van der Waals surface area (Å²) in [5.74, 6) is 0.799. The number of pyridine rings is 1. The first-order valence-electron chi connectivity index (χ1n) is 5.21. The smallest absolute Gasteiger partial charge is 0.0853 e. The van der Waals surface area contributed by atoms with Gasteiger partial charge in [-0.2, -0.15) is 11.8 Å². The third-order valence-electron chi connectivity index (χ3n) is 2.04. The lowest BCUT2D eigenvalue weighted by Gasteiger charge is -2.03. The number of aliphatic imine (C=N–C) groups is 1. The monoisotopic (exact) mass is 248 g/mol. The zero-order valence-electron chi connectivity index (χ0n) is 9.84. The van der Waals surface area contributed by atoms with Crippen LogP contribution in [0.15, 0.2) is 48.3 Å². The summed E-state index contributed by atoms with van der Waals surface area (Å²) in [7, 11) is 0. The minimum atomic E-state index is 0.0126. The summed E-state index contributed by atoms with van der Waals surface area (Å²) >= 11 is 1.69. The van der Waals surface area contributed by atoms with Crippen molar-refractivity contribution in [2.75, 3.05) is 12.0 Å². The van der Waals surface area contributed by atoms with Gasteiger partial charge in [-0.25, -0.2) is 0 Å². The van der Waals surface area contributed by atoms with Gasteiger partial charge in [0.05, 0.1) is 18.0 Å². The number of allylic oxidation sites excluding steroid dienone is 2. The molecule has 1 heterocycles. The predicted octanol–water partition coefficient (Wildman–Crippen LogP) is 2.43. The van der Waals surface area contributed by atoms with Crippen molar-refractivity contribution < 1.29 is 5.11 Å². The Kier molecular flexibility index (Phi) is 6.29. The van der Waals surface area contributed by atoms with Gasteiger partial charge in [-0.05, 0) is 24.0 Å². The Morgan fingerprint density at radius 3 is 2.94 bits per heavy atom. The molecule has 0 bridgehead atoms. The molecule has 0 aliphatic rings. The minimum Gasteiger partial charge on any atom is -0.392 e. The summed E-state index contributed by atoms with van der Waals surface area (Å²) < 4.78 is 0. The van der Waals surface area contributed by atoms with E-state index < -0.39 is 0 Å². The molecule has 3 nitrogen and oxygen atoms in total. The second-order valence-corrected chi connectivity index (χ2v) is 4.16. The molecule has 1 aromatic heterocycles. The van der Waals surface area contributed by atoms with Gasteiger partial charge in [0.2, 0.25) is 0 Å². The average Bonchev–Trinajstić information content (AvgIpc) is 2.38. The maximum atomic E-state index is 8.95. The van der Waals surface area contributed by atoms with Crippen molar-refractivity contribution in [2.24, 2.45) is 4.99 Å². The molecule has 0 aliphatic carbocycles. The van der Waals surface area contributed by atoms with Gasteiger partial charge in [-0.3, -0.25) is 9.98 Å². The first-order valence-corrected chi connectivity index (χ1v) is 6.60. The van der Waals surface area contributed by atoms with E-state index in [9.17, 15) is 0 Å². The van der Waals surface area contributed by atoms with Crippen LogP contribution in [-0.4, -0.2) is 27.8 Å². The average molecular weight is 248 g/mol. The molecule has 4 heteroatoms. The van der Waals surface area contributed by atoms with Gasteiger partial charge in [-0.1, -0.05) is 18.7 Å². The molecule has 0 unspecified atom stereocenters. The second-order valence-electron chi connectivity index (χ2n) is 3.30. The Labute approximate surface area is 106 Å². The van der Waals surface area contributed by atoms with E-state index in [1.54, 1.807) is 36.3 Å². The van der Waals surface area contributed by atoms with E-state index in [1.807, 2.05) is 18.4 Å². The van der Waals surface area contributed by atoms with Crippen LogP contribution in [0.4, 0.5) is 0 Å². The van der Waals surface area contributed by atoms with E-state index in [1.165, 1.54) is 0 Å². The van der Waals surface area contributed by atoms with Crippen molar-refractivity contribution in [3.05, 3.63) is 54.5 Å². The Balaban J connectivity index is 2.92. The molecule has 1 aromatic rings. The van der Waals surface area contributed by atoms with Gasteiger partial charge in [-0.15, -0.1) is 0 Å². The second kappa shape index (κ2) is 7.81. The van der Waals surface area contributed by atoms with Crippen LogP contribution in [0.5, 0.6) is 0 Å². The van der Waals surface area contributed by atoms with Crippen molar-refractivity contribution in [2.45, 2.75) is 6.61 Å². The topological polar surface area (TPSA) is 45.5 Å². The summed E-state index contributed by atoms with van der Waals surface area (Å²) in [5.41, 5.74) is 2.56. The zero-order valence-corrected chi connectivity index (χ0v) is 10.7. The van der Waals surface area contributed by atoms with Crippen molar-refractivity contribution >= 4 is 17.5 Å². The maximum Gasteiger partial charge on any atom is 0.0853 e. The first-order chi connectivity index (χ1) is 8.31. The van der Waals surface area contributed by atoms with Crippen molar-refractivity contribution in [1.82, 2.24) is 4.98 Å². The van der Waals surface area contributed by atoms with Gasteiger partial charge in [0.1, 0.15) is 0 Å². The fourth-order valence-electron chi connectivity index (χ4n) is 1.20. The van der Waals surface area contributed by atoms with Crippen molar-refractivity contribution in [1.29, 1.82) is 0 Å². The number of hydrogen-bond donors (Lipinski definition) is 1. The lowest BCUT2D eigenvalue weighted by Crippen LogP contribution is -2.06. The third kappa shape index (κ3) is 4.54. The number of hydrogen-bond acceptors (Lipinski definition) is 4. The van der Waals surface area contributed by atoms with Gasteiger partial charge in [0.15, 0.2) is 0 Å². The molecule has 0 aliphatic heterocycles. The molecule has 0 aromatic carbocycles. The van der Waals surface area contributed by atoms with Crippen LogP contribution < -0.4 is 0 Å². The number of rotatable bonds is 6. The van der Waals surface area contributed by atoms with Crippen molar-refractivity contribution in [3.63, 3.8) is 0 Å². The predicted molar refractivity (Wildman–Crippen MR) is 74.4 cm³/mol. The molecule has 0 saturated carbocycles. The van der Waals surface area contributed by atoms with Crippen LogP contribution in [0, 0.1) is 0 Å². The molecule has 1 rings (SSSR count). The van der Waals surface area contributed by atoms with Crippen LogP contribution in [0.1, 0.15) is 11.3 Å². The highest BCUT2D eigenvalue weighted by molar-refractivity contribution is 7.99. The molecule has 0 fully saturated rings. The molecule has 1 N–H and O–H groups in total. The highest BCUT2D eigenvalue weighted by Crippen LogP contribution is 2.06. The number of thioether (sulfide) groups is 1. The fraction of sp³-hybridized carbons (Fsp3) is 0.231. The molecule has 0 radical (unpaired) electrons. The Morgan fingerprint density at radius 1 is 1.59 bits per heavy atom. The van der Waals surface area contributed by atoms with Crippen LogP contribution in [0.25, 0.3) is 0 Å². The Morgan fingerprint density at radius 2 is 2.41 bits per heavy atom. The van der Waals surface area contributed by atoms with Gasteiger partial charge in [0, 0.05) is 18.1 Å².